The van der Waals surface area contributed by atoms with Crippen LogP contribution in [0.15, 0.2) is 78.4 Å². The number of carbonyl (C=O) groups excluding carboxylic acids is 1. The van der Waals surface area contributed by atoms with Crippen LogP contribution in [0.3, 0.4) is 0 Å². The highest BCUT2D eigenvalue weighted by molar-refractivity contribution is 6.01. The summed E-state index contributed by atoms with van der Waals surface area (Å²) in [6.07, 6.45) is 0. The second-order valence-corrected chi connectivity index (χ2v) is 7.47. The molecule has 5 heteroatoms. The Hall–Kier alpha value is -3.73. The van der Waals surface area contributed by atoms with Crippen LogP contribution in [0.5, 0.6) is 17.2 Å². The van der Waals surface area contributed by atoms with Gasteiger partial charge >= 0.3 is 0 Å². The van der Waals surface area contributed by atoms with E-state index < -0.39 is 11.8 Å². The molecule has 0 aromatic heterocycles. The molecular weight excluding hydrogens is 392 g/mol. The molecule has 3 aromatic rings. The molecule has 0 bridgehead atoms. The molecule has 0 aliphatic heterocycles. The van der Waals surface area contributed by atoms with Crippen molar-refractivity contribution in [1.29, 1.82) is 0 Å². The number of ketones is 1. The minimum Gasteiger partial charge on any atom is -0.507 e. The maximum Gasteiger partial charge on any atom is 0.170 e. The van der Waals surface area contributed by atoms with Gasteiger partial charge in [-0.1, -0.05) is 43.3 Å². The van der Waals surface area contributed by atoms with Gasteiger partial charge in [-0.05, 0) is 54.5 Å². The number of rotatable bonds is 7. The number of allylic oxidation sites excluding steroid dienone is 1. The molecule has 0 unspecified atom stereocenters. The Morgan fingerprint density at radius 3 is 1.87 bits per heavy atom. The van der Waals surface area contributed by atoms with Gasteiger partial charge in [0.25, 0.3) is 0 Å². The van der Waals surface area contributed by atoms with E-state index in [4.69, 9.17) is 4.74 Å². The molecule has 0 amide bonds. The number of hydrogen-bond donors (Lipinski definition) is 3. The summed E-state index contributed by atoms with van der Waals surface area (Å²) in [5.74, 6) is -0.896. The molecule has 160 valence electrons. The molecule has 31 heavy (non-hydrogen) atoms. The molecule has 5 nitrogen and oxygen atoms in total. The van der Waals surface area contributed by atoms with Gasteiger partial charge in [0.15, 0.2) is 5.78 Å². The monoisotopic (exact) mass is 418 g/mol. The maximum atomic E-state index is 13.3. The van der Waals surface area contributed by atoms with Gasteiger partial charge in [0, 0.05) is 11.8 Å². The summed E-state index contributed by atoms with van der Waals surface area (Å²) in [5, 5.41) is 31.4. The zero-order valence-corrected chi connectivity index (χ0v) is 17.7. The number of aliphatic hydroxyl groups is 1. The molecule has 0 aliphatic rings. The summed E-state index contributed by atoms with van der Waals surface area (Å²) in [6, 6.07) is 20.2. The van der Waals surface area contributed by atoms with E-state index in [0.717, 1.165) is 5.56 Å². The molecule has 0 fully saturated rings. The average Bonchev–Trinajstić information content (AvgIpc) is 2.79. The Balaban J connectivity index is 2.12. The Kier molecular flexibility index (Phi) is 6.65. The molecule has 3 rings (SSSR count). The third-order valence-corrected chi connectivity index (χ3v) is 5.56. The smallest absolute Gasteiger partial charge is 0.170 e. The standard InChI is InChI=1S/C26H26O5/c1-16(25(29)20-8-4-6-10-22(20)27)24(18-12-14-19(31-3)15-13-18)17(2)26(30)21-9-5-7-11-23(21)28/h4-16,24,27-28,30H,1-3H3/b26-17-/t16-,24+/m0/s1. The highest BCUT2D eigenvalue weighted by Crippen LogP contribution is 2.39. The van der Waals surface area contributed by atoms with Crippen LogP contribution in [-0.4, -0.2) is 28.2 Å². The Morgan fingerprint density at radius 1 is 0.839 bits per heavy atom. The van der Waals surface area contributed by atoms with Gasteiger partial charge < -0.3 is 20.1 Å². The molecule has 3 N–H and O–H groups in total. The number of hydrogen-bond acceptors (Lipinski definition) is 5. The van der Waals surface area contributed by atoms with E-state index in [1.165, 1.54) is 12.1 Å². The zero-order valence-electron chi connectivity index (χ0n) is 17.7. The van der Waals surface area contributed by atoms with Crippen molar-refractivity contribution in [2.45, 2.75) is 19.8 Å². The van der Waals surface area contributed by atoms with Crippen LogP contribution >= 0.6 is 0 Å². The second-order valence-electron chi connectivity index (χ2n) is 7.47. The lowest BCUT2D eigenvalue weighted by atomic mass is 9.77. The number of aromatic hydroxyl groups is 2. The van der Waals surface area contributed by atoms with E-state index in [-0.39, 0.29) is 28.6 Å². The van der Waals surface area contributed by atoms with E-state index in [1.807, 2.05) is 12.1 Å². The van der Waals surface area contributed by atoms with Crippen LogP contribution in [0.25, 0.3) is 5.76 Å². The molecular formula is C26H26O5. The molecule has 0 spiro atoms. The van der Waals surface area contributed by atoms with Crippen molar-refractivity contribution in [3.05, 3.63) is 95.1 Å². The van der Waals surface area contributed by atoms with Gasteiger partial charge in [0.1, 0.15) is 23.0 Å². The summed E-state index contributed by atoms with van der Waals surface area (Å²) >= 11 is 0. The van der Waals surface area contributed by atoms with E-state index >= 15 is 0 Å². The molecule has 0 saturated carbocycles. The number of ether oxygens (including phenoxy) is 1. The molecule has 3 aromatic carbocycles. The molecule has 0 heterocycles. The summed E-state index contributed by atoms with van der Waals surface area (Å²) in [4.78, 5) is 13.3. The third-order valence-electron chi connectivity index (χ3n) is 5.56. The molecule has 2 atom stereocenters. The lowest BCUT2D eigenvalue weighted by Crippen LogP contribution is -2.22. The van der Waals surface area contributed by atoms with Crippen molar-refractivity contribution in [1.82, 2.24) is 0 Å². The van der Waals surface area contributed by atoms with Crippen LogP contribution in [0.4, 0.5) is 0 Å². The van der Waals surface area contributed by atoms with Crippen molar-refractivity contribution in [3.8, 4) is 17.2 Å². The largest absolute Gasteiger partial charge is 0.507 e. The number of phenols is 2. The normalized spacial score (nSPS) is 13.8. The Morgan fingerprint density at radius 2 is 1.35 bits per heavy atom. The van der Waals surface area contributed by atoms with Gasteiger partial charge in [-0.25, -0.2) is 0 Å². The average molecular weight is 418 g/mol. The van der Waals surface area contributed by atoms with Gasteiger partial charge in [-0.3, -0.25) is 4.79 Å². The first kappa shape index (κ1) is 22.0. The van der Waals surface area contributed by atoms with Crippen molar-refractivity contribution in [3.63, 3.8) is 0 Å². The fraction of sp³-hybridized carbons (Fsp3) is 0.192. The maximum absolute atomic E-state index is 13.3. The van der Waals surface area contributed by atoms with Crippen molar-refractivity contribution in [2.24, 2.45) is 5.92 Å². The van der Waals surface area contributed by atoms with Crippen LogP contribution < -0.4 is 4.74 Å². The number of phenolic OH excluding ortho intramolecular Hbond substituents is 2. The summed E-state index contributed by atoms with van der Waals surface area (Å²) in [7, 11) is 1.58. The van der Waals surface area contributed by atoms with E-state index in [1.54, 1.807) is 69.5 Å². The minimum atomic E-state index is -0.602. The van der Waals surface area contributed by atoms with E-state index in [0.29, 0.717) is 16.9 Å². The SMILES string of the molecule is COc1ccc([C@@H](/C(C)=C(\O)c2ccccc2O)[C@H](C)C(=O)c2ccccc2O)cc1. The predicted molar refractivity (Wildman–Crippen MR) is 121 cm³/mol. The first-order chi connectivity index (χ1) is 14.8. The summed E-state index contributed by atoms with van der Waals surface area (Å²) in [5.41, 5.74) is 1.85. The summed E-state index contributed by atoms with van der Waals surface area (Å²) < 4.78 is 5.24. The first-order valence-corrected chi connectivity index (χ1v) is 9.99. The molecule has 0 saturated heterocycles. The van der Waals surface area contributed by atoms with E-state index in [9.17, 15) is 20.1 Å². The van der Waals surface area contributed by atoms with Gasteiger partial charge in [-0.15, -0.1) is 0 Å². The number of benzene rings is 3. The second kappa shape index (κ2) is 9.39. The number of aliphatic hydroxyl groups excluding tert-OH is 1. The van der Waals surface area contributed by atoms with E-state index in [2.05, 4.69) is 0 Å². The molecule has 0 aliphatic carbocycles. The first-order valence-electron chi connectivity index (χ1n) is 9.99. The van der Waals surface area contributed by atoms with Crippen LogP contribution in [0.1, 0.15) is 41.3 Å². The number of carbonyl (C=O) groups is 1. The Labute approximate surface area is 181 Å². The topological polar surface area (TPSA) is 87.0 Å². The quantitative estimate of drug-likeness (QED) is 0.338. The molecule has 0 radical (unpaired) electrons. The predicted octanol–water partition coefficient (Wildman–Crippen LogP) is 5.70. The fourth-order valence-corrected chi connectivity index (χ4v) is 3.84. The third kappa shape index (κ3) is 4.56. The lowest BCUT2D eigenvalue weighted by Gasteiger charge is -2.26. The number of para-hydroxylation sites is 2. The highest BCUT2D eigenvalue weighted by Gasteiger charge is 2.31. The zero-order chi connectivity index (χ0) is 22.5. The van der Waals surface area contributed by atoms with Crippen molar-refractivity contribution in [2.75, 3.05) is 7.11 Å². The summed E-state index contributed by atoms with van der Waals surface area (Å²) in [6.45, 7) is 3.51. The van der Waals surface area contributed by atoms with Crippen molar-refractivity contribution >= 4 is 11.5 Å². The van der Waals surface area contributed by atoms with Crippen molar-refractivity contribution < 1.29 is 24.9 Å². The highest BCUT2D eigenvalue weighted by atomic mass is 16.5. The van der Waals surface area contributed by atoms with Gasteiger partial charge in [0.05, 0.1) is 18.2 Å². The Bertz CT molecular complexity index is 1100. The van der Waals surface area contributed by atoms with Crippen LogP contribution in [0, 0.1) is 5.92 Å². The van der Waals surface area contributed by atoms with Gasteiger partial charge in [-0.2, -0.15) is 0 Å². The number of methoxy groups -OCH3 is 1. The number of Topliss-reactive ketones (excluding diaryl/α,β-unsaturated/α-hetero) is 1. The minimum absolute atomic E-state index is 0.0486. The van der Waals surface area contributed by atoms with Crippen LogP contribution in [-0.2, 0) is 0 Å². The van der Waals surface area contributed by atoms with Crippen LogP contribution in [0.2, 0.25) is 0 Å². The lowest BCUT2D eigenvalue weighted by molar-refractivity contribution is 0.0915. The fourth-order valence-electron chi connectivity index (χ4n) is 3.84. The van der Waals surface area contributed by atoms with Gasteiger partial charge in [0.2, 0.25) is 0 Å².